The molecule has 1 aliphatic rings. The Kier molecular flexibility index (Phi) is 8.60. The minimum atomic E-state index is -0.180. The maximum atomic E-state index is 13.6. The Labute approximate surface area is 216 Å². The van der Waals surface area contributed by atoms with Gasteiger partial charge in [0, 0.05) is 23.0 Å². The quantitative estimate of drug-likeness (QED) is 0.378. The summed E-state index contributed by atoms with van der Waals surface area (Å²) in [5.41, 5.74) is 3.19. The smallest absolute Gasteiger partial charge is 0.249 e. The van der Waals surface area contributed by atoms with E-state index in [-0.39, 0.29) is 36.9 Å². The number of hydrogen-bond acceptors (Lipinski definition) is 4. The molecule has 2 heterocycles. The molecule has 7 heteroatoms. The van der Waals surface area contributed by atoms with Gasteiger partial charge in [-0.05, 0) is 52.6 Å². The van der Waals surface area contributed by atoms with Crippen LogP contribution in [-0.2, 0) is 27.4 Å². The maximum absolute atomic E-state index is 13.6. The van der Waals surface area contributed by atoms with Crippen molar-refractivity contribution in [2.75, 3.05) is 26.2 Å². The molecule has 0 saturated carbocycles. The Balaban J connectivity index is 1.47. The summed E-state index contributed by atoms with van der Waals surface area (Å²) < 4.78 is 5.68. The van der Waals surface area contributed by atoms with Crippen LogP contribution in [0.15, 0.2) is 66.0 Å². The first-order chi connectivity index (χ1) is 16.9. The average molecular weight is 511 g/mol. The number of fused-ring (bicyclic) bond motifs is 1. The lowest BCUT2D eigenvalue weighted by atomic mass is 9.93. The molecule has 3 aromatic rings. The fourth-order valence-electron chi connectivity index (χ4n) is 4.46. The minimum Gasteiger partial charge on any atom is -0.367 e. The molecule has 1 unspecified atom stereocenters. The Morgan fingerprint density at radius 1 is 1.11 bits per heavy atom. The van der Waals surface area contributed by atoms with Crippen LogP contribution in [0, 0.1) is 5.92 Å². The predicted octanol–water partition coefficient (Wildman–Crippen LogP) is 5.58. The second-order valence-electron chi connectivity index (χ2n) is 9.24. The summed E-state index contributed by atoms with van der Waals surface area (Å²) in [7, 11) is 0. The number of rotatable bonds is 9. The molecule has 0 fully saturated rings. The van der Waals surface area contributed by atoms with Crippen LogP contribution >= 0.6 is 22.9 Å². The molecule has 1 atom stereocenters. The number of nitrogens with zero attached hydrogens (tertiary/aromatic N) is 2. The number of hydrogen-bond donors (Lipinski definition) is 0. The van der Waals surface area contributed by atoms with E-state index in [2.05, 4.69) is 11.4 Å². The van der Waals surface area contributed by atoms with Gasteiger partial charge in [-0.15, -0.1) is 11.3 Å². The van der Waals surface area contributed by atoms with Gasteiger partial charge in [-0.2, -0.15) is 0 Å². The summed E-state index contributed by atoms with van der Waals surface area (Å²) in [6.45, 7) is 5.56. The number of carbonyl (C=O) groups excluding carboxylic acids is 2. The second-order valence-corrected chi connectivity index (χ2v) is 10.7. The molecule has 2 amide bonds. The molecule has 0 saturated heterocycles. The number of benzene rings is 2. The zero-order valence-electron chi connectivity index (χ0n) is 20.2. The summed E-state index contributed by atoms with van der Waals surface area (Å²) in [4.78, 5) is 31.5. The zero-order valence-corrected chi connectivity index (χ0v) is 21.7. The first-order valence-electron chi connectivity index (χ1n) is 11.9. The van der Waals surface area contributed by atoms with Gasteiger partial charge in [-0.1, -0.05) is 67.9 Å². The van der Waals surface area contributed by atoms with Crippen LogP contribution < -0.4 is 0 Å². The standard InChI is InChI=1S/C28H31ClN2O3S/c1-20(2)16-30(27(33)19-34-18-21-6-4-3-5-7-21)17-26(32)31-14-12-25-24(13-15-35-25)28(31)22-8-10-23(29)11-9-22/h3-11,13,15,20,28H,12,14,16-19H2,1-2H3. The van der Waals surface area contributed by atoms with Crippen LogP contribution in [-0.4, -0.2) is 47.9 Å². The topological polar surface area (TPSA) is 49.9 Å². The Morgan fingerprint density at radius 3 is 2.57 bits per heavy atom. The highest BCUT2D eigenvalue weighted by Crippen LogP contribution is 2.38. The lowest BCUT2D eigenvalue weighted by Gasteiger charge is -2.38. The minimum absolute atomic E-state index is 0.0370. The highest BCUT2D eigenvalue weighted by atomic mass is 35.5. The largest absolute Gasteiger partial charge is 0.367 e. The van der Waals surface area contributed by atoms with Gasteiger partial charge in [0.2, 0.25) is 11.8 Å². The molecule has 0 aliphatic carbocycles. The van der Waals surface area contributed by atoms with E-state index in [1.165, 1.54) is 4.88 Å². The van der Waals surface area contributed by atoms with Crippen LogP contribution in [0.1, 0.15) is 41.5 Å². The maximum Gasteiger partial charge on any atom is 0.249 e. The summed E-state index contributed by atoms with van der Waals surface area (Å²) in [5.74, 6) is 0.0101. The second kappa shape index (κ2) is 11.8. The summed E-state index contributed by atoms with van der Waals surface area (Å²) in [6, 6.07) is 19.4. The normalized spacial score (nSPS) is 15.2. The zero-order chi connectivity index (χ0) is 24.8. The summed E-state index contributed by atoms with van der Waals surface area (Å²) in [5, 5.41) is 2.75. The Morgan fingerprint density at radius 2 is 1.86 bits per heavy atom. The highest BCUT2D eigenvalue weighted by Gasteiger charge is 2.34. The molecule has 1 aromatic heterocycles. The number of ether oxygens (including phenoxy) is 1. The van der Waals surface area contributed by atoms with Gasteiger partial charge in [0.1, 0.15) is 6.61 Å². The van der Waals surface area contributed by atoms with Crippen molar-refractivity contribution < 1.29 is 14.3 Å². The fourth-order valence-corrected chi connectivity index (χ4v) is 5.49. The number of amides is 2. The van der Waals surface area contributed by atoms with Gasteiger partial charge >= 0.3 is 0 Å². The molecule has 1 aliphatic heterocycles. The summed E-state index contributed by atoms with van der Waals surface area (Å²) in [6.07, 6.45) is 0.821. The SMILES string of the molecule is CC(C)CN(CC(=O)N1CCc2sccc2C1c1ccc(Cl)cc1)C(=O)COCc1ccccc1. The van der Waals surface area contributed by atoms with Gasteiger partial charge < -0.3 is 14.5 Å². The van der Waals surface area contributed by atoms with E-state index in [9.17, 15) is 9.59 Å². The first kappa shape index (κ1) is 25.4. The van der Waals surface area contributed by atoms with Crippen molar-refractivity contribution in [3.8, 4) is 0 Å². The van der Waals surface area contributed by atoms with Gasteiger partial charge in [-0.25, -0.2) is 0 Å². The van der Waals surface area contributed by atoms with E-state index < -0.39 is 0 Å². The van der Waals surface area contributed by atoms with Crippen LogP contribution in [0.5, 0.6) is 0 Å². The van der Waals surface area contributed by atoms with Gasteiger partial charge in [0.15, 0.2) is 0 Å². The Hall–Kier alpha value is -2.67. The van der Waals surface area contributed by atoms with Crippen molar-refractivity contribution in [1.29, 1.82) is 0 Å². The van der Waals surface area contributed by atoms with Gasteiger partial charge in [0.25, 0.3) is 0 Å². The lowest BCUT2D eigenvalue weighted by Crippen LogP contribution is -2.48. The van der Waals surface area contributed by atoms with E-state index >= 15 is 0 Å². The van der Waals surface area contributed by atoms with E-state index in [0.29, 0.717) is 24.7 Å². The third kappa shape index (κ3) is 6.51. The molecule has 0 N–H and O–H groups in total. The third-order valence-electron chi connectivity index (χ3n) is 6.07. The number of carbonyl (C=O) groups is 2. The molecule has 5 nitrogen and oxygen atoms in total. The van der Waals surface area contributed by atoms with Crippen molar-refractivity contribution >= 4 is 34.8 Å². The van der Waals surface area contributed by atoms with Crippen LogP contribution in [0.2, 0.25) is 5.02 Å². The monoisotopic (exact) mass is 510 g/mol. The molecule has 184 valence electrons. The van der Waals surface area contributed by atoms with E-state index in [1.807, 2.05) is 73.3 Å². The molecular formula is C28H31ClN2O3S. The van der Waals surface area contributed by atoms with Crippen molar-refractivity contribution in [2.45, 2.75) is 32.9 Å². The number of halogens is 1. The van der Waals surface area contributed by atoms with Crippen LogP contribution in [0.3, 0.4) is 0 Å². The molecule has 0 radical (unpaired) electrons. The van der Waals surface area contributed by atoms with E-state index in [1.54, 1.807) is 16.2 Å². The van der Waals surface area contributed by atoms with Crippen molar-refractivity contribution in [3.05, 3.63) is 92.6 Å². The summed E-state index contributed by atoms with van der Waals surface area (Å²) >= 11 is 7.86. The lowest BCUT2D eigenvalue weighted by molar-refractivity contribution is -0.145. The molecule has 0 bridgehead atoms. The molecule has 2 aromatic carbocycles. The highest BCUT2D eigenvalue weighted by molar-refractivity contribution is 7.10. The van der Waals surface area contributed by atoms with Crippen molar-refractivity contribution in [1.82, 2.24) is 9.80 Å². The Bertz CT molecular complexity index is 1130. The van der Waals surface area contributed by atoms with Crippen LogP contribution in [0.25, 0.3) is 0 Å². The van der Waals surface area contributed by atoms with Gasteiger partial charge in [0.05, 0.1) is 19.2 Å². The van der Waals surface area contributed by atoms with Crippen molar-refractivity contribution in [2.24, 2.45) is 5.92 Å². The van der Waals surface area contributed by atoms with Crippen molar-refractivity contribution in [3.63, 3.8) is 0 Å². The number of thiophene rings is 1. The fraction of sp³-hybridized carbons (Fsp3) is 0.357. The molecular weight excluding hydrogens is 480 g/mol. The average Bonchev–Trinajstić information content (AvgIpc) is 3.33. The van der Waals surface area contributed by atoms with E-state index in [4.69, 9.17) is 16.3 Å². The first-order valence-corrected chi connectivity index (χ1v) is 13.2. The third-order valence-corrected chi connectivity index (χ3v) is 7.32. The van der Waals surface area contributed by atoms with Gasteiger partial charge in [-0.3, -0.25) is 9.59 Å². The molecule has 4 rings (SSSR count). The van der Waals surface area contributed by atoms with Crippen LogP contribution in [0.4, 0.5) is 0 Å². The van der Waals surface area contributed by atoms with E-state index in [0.717, 1.165) is 23.1 Å². The molecule has 0 spiro atoms. The molecule has 35 heavy (non-hydrogen) atoms. The predicted molar refractivity (Wildman–Crippen MR) is 141 cm³/mol.